The highest BCUT2D eigenvalue weighted by Crippen LogP contribution is 2.28. The molecule has 0 amide bonds. The topological polar surface area (TPSA) is 20.5 Å². The molecule has 0 atom stereocenters. The highest BCUT2D eigenvalue weighted by Gasteiger charge is 2.14. The molecule has 0 saturated heterocycles. The van der Waals surface area contributed by atoms with Crippen molar-refractivity contribution in [2.75, 3.05) is 14.1 Å². The third-order valence-corrected chi connectivity index (χ3v) is 3.80. The molecule has 2 aromatic rings. The van der Waals surface area contributed by atoms with Crippen molar-refractivity contribution in [3.8, 4) is 0 Å². The van der Waals surface area contributed by atoms with E-state index in [1.807, 2.05) is 0 Å². The number of pyridine rings is 1. The zero-order valence-electron chi connectivity index (χ0n) is 10.4. The van der Waals surface area contributed by atoms with Crippen LogP contribution >= 0.6 is 22.6 Å². The number of nitrogens with zero attached hydrogens (tertiary/aromatic N) is 3. The monoisotopic (exact) mass is 351 g/mol. The first-order valence-corrected chi connectivity index (χ1v) is 6.93. The van der Waals surface area contributed by atoms with Crippen LogP contribution in [-0.4, -0.2) is 28.4 Å². The Bertz CT molecular complexity index is 665. The van der Waals surface area contributed by atoms with Gasteiger partial charge in [0.2, 0.25) is 0 Å². The summed E-state index contributed by atoms with van der Waals surface area (Å²) in [4.78, 5) is 6.82. The van der Waals surface area contributed by atoms with Crippen molar-refractivity contribution in [3.63, 3.8) is 0 Å². The van der Waals surface area contributed by atoms with E-state index < -0.39 is 0 Å². The molecule has 3 nitrogen and oxygen atoms in total. The van der Waals surface area contributed by atoms with Gasteiger partial charge in [-0.3, -0.25) is 0 Å². The Morgan fingerprint density at radius 1 is 1.22 bits per heavy atom. The molecule has 0 N–H and O–H groups in total. The highest BCUT2D eigenvalue weighted by atomic mass is 127. The maximum atomic E-state index is 4.67. The van der Waals surface area contributed by atoms with Gasteiger partial charge in [-0.25, -0.2) is 4.98 Å². The van der Waals surface area contributed by atoms with E-state index in [0.29, 0.717) is 0 Å². The van der Waals surface area contributed by atoms with Crippen LogP contribution in [0.25, 0.3) is 11.2 Å². The summed E-state index contributed by atoms with van der Waals surface area (Å²) in [6, 6.07) is 4.14. The summed E-state index contributed by atoms with van der Waals surface area (Å²) in [5, 5.41) is 0. The minimum absolute atomic E-state index is 0.966. The Labute approximate surface area is 120 Å². The van der Waals surface area contributed by atoms with E-state index >= 15 is 0 Å². The second-order valence-corrected chi connectivity index (χ2v) is 5.91. The Balaban J connectivity index is 1.93. The molecule has 4 heteroatoms. The molecule has 0 radical (unpaired) electrons. The van der Waals surface area contributed by atoms with Gasteiger partial charge in [-0.1, -0.05) is 6.08 Å². The van der Waals surface area contributed by atoms with Gasteiger partial charge in [-0.05, 0) is 46.4 Å². The first kappa shape index (κ1) is 11.8. The summed E-state index contributed by atoms with van der Waals surface area (Å²) in [6.45, 7) is 0. The van der Waals surface area contributed by atoms with Crippen LogP contribution in [0.15, 0.2) is 42.4 Å². The second-order valence-electron chi connectivity index (χ2n) is 4.66. The zero-order valence-corrected chi connectivity index (χ0v) is 12.5. The van der Waals surface area contributed by atoms with Crippen molar-refractivity contribution >= 4 is 33.8 Å². The van der Waals surface area contributed by atoms with Crippen molar-refractivity contribution in [2.24, 2.45) is 0 Å². The number of aromatic nitrogens is 2. The summed E-state index contributed by atoms with van der Waals surface area (Å²) < 4.78 is 3.31. The van der Waals surface area contributed by atoms with Gasteiger partial charge in [0, 0.05) is 42.2 Å². The van der Waals surface area contributed by atoms with E-state index in [9.17, 15) is 0 Å². The predicted molar refractivity (Wildman–Crippen MR) is 82.3 cm³/mol. The normalized spacial score (nSPS) is 14.8. The van der Waals surface area contributed by atoms with Gasteiger partial charge < -0.3 is 9.30 Å². The fourth-order valence-corrected chi connectivity index (χ4v) is 2.59. The average Bonchev–Trinajstić information content (AvgIpc) is 2.93. The molecule has 0 spiro atoms. The van der Waals surface area contributed by atoms with Crippen LogP contribution in [0.1, 0.15) is 12.1 Å². The third-order valence-electron chi connectivity index (χ3n) is 3.17. The Morgan fingerprint density at radius 2 is 2.06 bits per heavy atom. The van der Waals surface area contributed by atoms with Crippen LogP contribution in [-0.2, 0) is 0 Å². The van der Waals surface area contributed by atoms with Gasteiger partial charge >= 0.3 is 0 Å². The molecule has 0 unspecified atom stereocenters. The molecule has 0 fully saturated rings. The van der Waals surface area contributed by atoms with E-state index in [1.54, 1.807) is 0 Å². The van der Waals surface area contributed by atoms with Crippen molar-refractivity contribution in [1.82, 2.24) is 14.3 Å². The molecule has 1 aliphatic carbocycles. The van der Waals surface area contributed by atoms with Gasteiger partial charge in [-0.2, -0.15) is 0 Å². The van der Waals surface area contributed by atoms with Gasteiger partial charge in [0.1, 0.15) is 5.65 Å². The smallest absolute Gasteiger partial charge is 0.137 e. The van der Waals surface area contributed by atoms with Crippen molar-refractivity contribution < 1.29 is 0 Å². The molecule has 1 aliphatic rings. The summed E-state index contributed by atoms with van der Waals surface area (Å²) >= 11 is 2.32. The minimum atomic E-state index is 0.966. The molecular weight excluding hydrogens is 337 g/mol. The first-order chi connectivity index (χ1) is 8.63. The molecule has 18 heavy (non-hydrogen) atoms. The number of fused-ring (bicyclic) bond motifs is 1. The van der Waals surface area contributed by atoms with Gasteiger partial charge in [0.05, 0.1) is 5.69 Å². The molecule has 3 rings (SSSR count). The molecular formula is C14H14IN3. The quantitative estimate of drug-likeness (QED) is 0.775. The van der Waals surface area contributed by atoms with E-state index in [0.717, 1.165) is 17.8 Å². The largest absolute Gasteiger partial charge is 0.381 e. The lowest BCUT2D eigenvalue weighted by atomic mass is 10.1. The molecule has 92 valence electrons. The SMILES string of the molecule is CN(C)C1=CC=C(c2cn3cc(I)ccc3n2)C1. The van der Waals surface area contributed by atoms with Crippen LogP contribution in [0.5, 0.6) is 0 Å². The number of rotatable bonds is 2. The number of hydrogen-bond acceptors (Lipinski definition) is 2. The fraction of sp³-hybridized carbons (Fsp3) is 0.214. The Hall–Kier alpha value is -1.30. The van der Waals surface area contributed by atoms with Crippen LogP contribution in [0.4, 0.5) is 0 Å². The summed E-state index contributed by atoms with van der Waals surface area (Å²) in [5.41, 5.74) is 4.70. The number of allylic oxidation sites excluding steroid dienone is 3. The number of halogens is 1. The van der Waals surface area contributed by atoms with Crippen molar-refractivity contribution in [2.45, 2.75) is 6.42 Å². The number of hydrogen-bond donors (Lipinski definition) is 0. The van der Waals surface area contributed by atoms with Crippen LogP contribution in [0, 0.1) is 3.57 Å². The summed E-state index contributed by atoms with van der Waals surface area (Å²) in [7, 11) is 4.16. The first-order valence-electron chi connectivity index (χ1n) is 5.85. The lowest BCUT2D eigenvalue weighted by Gasteiger charge is -2.13. The van der Waals surface area contributed by atoms with Crippen LogP contribution in [0.3, 0.4) is 0 Å². The molecule has 0 bridgehead atoms. The van der Waals surface area contributed by atoms with E-state index in [1.165, 1.54) is 14.8 Å². The highest BCUT2D eigenvalue weighted by molar-refractivity contribution is 14.1. The summed E-state index contributed by atoms with van der Waals surface area (Å²) in [6.07, 6.45) is 9.51. The van der Waals surface area contributed by atoms with Gasteiger partial charge in [-0.15, -0.1) is 0 Å². The van der Waals surface area contributed by atoms with Gasteiger partial charge in [0.15, 0.2) is 0 Å². The van der Waals surface area contributed by atoms with E-state index in [4.69, 9.17) is 0 Å². The van der Waals surface area contributed by atoms with Crippen LogP contribution in [0.2, 0.25) is 0 Å². The zero-order chi connectivity index (χ0) is 12.7. The van der Waals surface area contributed by atoms with Crippen LogP contribution < -0.4 is 0 Å². The second kappa shape index (κ2) is 4.42. The summed E-state index contributed by atoms with van der Waals surface area (Å²) in [5.74, 6) is 0. The van der Waals surface area contributed by atoms with E-state index in [2.05, 4.69) is 87.6 Å². The lowest BCUT2D eigenvalue weighted by Crippen LogP contribution is -2.09. The number of imidazole rings is 1. The predicted octanol–water partition coefficient (Wildman–Crippen LogP) is 3.17. The Morgan fingerprint density at radius 3 is 2.78 bits per heavy atom. The maximum absolute atomic E-state index is 4.67. The standard InChI is InChI=1S/C14H14IN3/c1-17(2)12-5-3-10(7-12)13-9-18-8-11(15)4-6-14(18)16-13/h3-6,8-9H,7H2,1-2H3. The molecule has 0 aromatic carbocycles. The van der Waals surface area contributed by atoms with Crippen molar-refractivity contribution in [3.05, 3.63) is 51.6 Å². The third kappa shape index (κ3) is 2.05. The maximum Gasteiger partial charge on any atom is 0.137 e. The van der Waals surface area contributed by atoms with Gasteiger partial charge in [0.25, 0.3) is 0 Å². The van der Waals surface area contributed by atoms with Crippen molar-refractivity contribution in [1.29, 1.82) is 0 Å². The van der Waals surface area contributed by atoms with E-state index in [-0.39, 0.29) is 0 Å². The molecule has 0 saturated carbocycles. The molecule has 0 aliphatic heterocycles. The minimum Gasteiger partial charge on any atom is -0.381 e. The Kier molecular flexibility index (Phi) is 2.89. The molecule has 2 heterocycles. The average molecular weight is 351 g/mol. The fourth-order valence-electron chi connectivity index (χ4n) is 2.11. The molecule has 2 aromatic heterocycles. The lowest BCUT2D eigenvalue weighted by molar-refractivity contribution is 0.506.